The predicted molar refractivity (Wildman–Crippen MR) is 81.0 cm³/mol. The van der Waals surface area contributed by atoms with E-state index in [1.54, 1.807) is 6.07 Å². The minimum absolute atomic E-state index is 0.203. The molecule has 1 aliphatic heterocycles. The Morgan fingerprint density at radius 1 is 1.48 bits per heavy atom. The molecule has 0 bridgehead atoms. The van der Waals surface area contributed by atoms with Crippen LogP contribution in [0.5, 0.6) is 5.75 Å². The van der Waals surface area contributed by atoms with Gasteiger partial charge in [-0.3, -0.25) is 4.90 Å². The third-order valence-corrected chi connectivity index (χ3v) is 3.92. The van der Waals surface area contributed by atoms with Gasteiger partial charge in [-0.15, -0.1) is 0 Å². The molecule has 118 valence electrons. The molecule has 1 aliphatic rings. The molecule has 0 aliphatic carbocycles. The van der Waals surface area contributed by atoms with E-state index in [0.29, 0.717) is 6.10 Å². The van der Waals surface area contributed by atoms with Crippen LogP contribution in [0.3, 0.4) is 0 Å². The zero-order valence-electron chi connectivity index (χ0n) is 12.8. The van der Waals surface area contributed by atoms with Crippen molar-refractivity contribution >= 4 is 0 Å². The van der Waals surface area contributed by atoms with E-state index in [9.17, 15) is 4.39 Å². The van der Waals surface area contributed by atoms with E-state index >= 15 is 0 Å². The highest BCUT2D eigenvalue weighted by Crippen LogP contribution is 2.22. The lowest BCUT2D eigenvalue weighted by atomic mass is 10.0. The normalized spacial score (nSPS) is 21.2. The molecule has 1 aromatic rings. The summed E-state index contributed by atoms with van der Waals surface area (Å²) in [7, 11) is 1.46. The molecule has 4 nitrogen and oxygen atoms in total. The van der Waals surface area contributed by atoms with Crippen LogP contribution in [-0.2, 0) is 4.74 Å². The fourth-order valence-corrected chi connectivity index (χ4v) is 2.85. The van der Waals surface area contributed by atoms with E-state index < -0.39 is 0 Å². The second-order valence-corrected chi connectivity index (χ2v) is 5.48. The summed E-state index contributed by atoms with van der Waals surface area (Å²) in [4.78, 5) is 2.30. The number of rotatable bonds is 6. The third-order valence-electron chi connectivity index (χ3n) is 3.92. The number of methoxy groups -OCH3 is 1. The maximum atomic E-state index is 13.7. The highest BCUT2D eigenvalue weighted by molar-refractivity contribution is 5.31. The molecule has 2 N–H and O–H groups in total. The zero-order chi connectivity index (χ0) is 15.2. The second kappa shape index (κ2) is 7.73. The van der Waals surface area contributed by atoms with Crippen LogP contribution in [0, 0.1) is 5.82 Å². The molecule has 2 unspecified atom stereocenters. The molecule has 1 aromatic carbocycles. The second-order valence-electron chi connectivity index (χ2n) is 5.48. The first kappa shape index (κ1) is 16.2. The summed E-state index contributed by atoms with van der Waals surface area (Å²) >= 11 is 0. The smallest absolute Gasteiger partial charge is 0.165 e. The van der Waals surface area contributed by atoms with E-state index in [-0.39, 0.29) is 17.6 Å². The first-order valence-corrected chi connectivity index (χ1v) is 7.57. The number of ether oxygens (including phenoxy) is 2. The largest absolute Gasteiger partial charge is 0.494 e. The van der Waals surface area contributed by atoms with Crippen molar-refractivity contribution < 1.29 is 13.9 Å². The molecule has 0 spiro atoms. The fourth-order valence-electron chi connectivity index (χ4n) is 2.85. The summed E-state index contributed by atoms with van der Waals surface area (Å²) in [6, 6.07) is 4.72. The summed E-state index contributed by atoms with van der Waals surface area (Å²) in [5.41, 5.74) is 7.01. The number of nitrogens with two attached hydrogens (primary N) is 1. The van der Waals surface area contributed by atoms with Crippen LogP contribution < -0.4 is 10.5 Å². The molecule has 0 amide bonds. The van der Waals surface area contributed by atoms with Gasteiger partial charge in [-0.25, -0.2) is 4.39 Å². The lowest BCUT2D eigenvalue weighted by molar-refractivity contribution is 0.00448. The molecule has 21 heavy (non-hydrogen) atoms. The summed E-state index contributed by atoms with van der Waals surface area (Å²) < 4.78 is 24.4. The summed E-state index contributed by atoms with van der Waals surface area (Å²) in [5.74, 6) is -0.114. The van der Waals surface area contributed by atoms with Crippen LogP contribution in [0.25, 0.3) is 0 Å². The number of nitrogens with zero attached hydrogens (tertiary/aromatic N) is 1. The average Bonchev–Trinajstić information content (AvgIpc) is 2.48. The van der Waals surface area contributed by atoms with Gasteiger partial charge in [0.05, 0.1) is 13.2 Å². The molecule has 0 radical (unpaired) electrons. The molecular formula is C16H25FN2O2. The van der Waals surface area contributed by atoms with Gasteiger partial charge in [0.25, 0.3) is 0 Å². The zero-order valence-corrected chi connectivity index (χ0v) is 12.8. The van der Waals surface area contributed by atoms with Gasteiger partial charge in [0.2, 0.25) is 0 Å². The monoisotopic (exact) mass is 296 g/mol. The van der Waals surface area contributed by atoms with Crippen molar-refractivity contribution in [2.75, 3.05) is 33.4 Å². The van der Waals surface area contributed by atoms with Gasteiger partial charge in [-0.05, 0) is 44.0 Å². The van der Waals surface area contributed by atoms with Gasteiger partial charge < -0.3 is 15.2 Å². The van der Waals surface area contributed by atoms with Gasteiger partial charge in [0.1, 0.15) is 0 Å². The number of likely N-dealkylation sites (tertiary alicyclic amines) is 1. The molecule has 0 saturated carbocycles. The van der Waals surface area contributed by atoms with Crippen molar-refractivity contribution in [1.29, 1.82) is 0 Å². The third kappa shape index (κ3) is 4.40. The van der Waals surface area contributed by atoms with Crippen LogP contribution in [0.4, 0.5) is 4.39 Å². The summed E-state index contributed by atoms with van der Waals surface area (Å²) in [5, 5.41) is 0. The van der Waals surface area contributed by atoms with Gasteiger partial charge in [0.15, 0.2) is 11.6 Å². The first-order chi connectivity index (χ1) is 10.1. The Morgan fingerprint density at radius 3 is 2.95 bits per heavy atom. The molecule has 1 saturated heterocycles. The first-order valence-electron chi connectivity index (χ1n) is 7.57. The number of hydrogen-bond donors (Lipinski definition) is 1. The Balaban J connectivity index is 1.94. The highest BCUT2D eigenvalue weighted by atomic mass is 19.1. The summed E-state index contributed by atoms with van der Waals surface area (Å²) in [6.07, 6.45) is 2.52. The van der Waals surface area contributed by atoms with Crippen LogP contribution in [0.1, 0.15) is 31.4 Å². The van der Waals surface area contributed by atoms with Crippen molar-refractivity contribution in [3.63, 3.8) is 0 Å². The van der Waals surface area contributed by atoms with E-state index in [2.05, 4.69) is 4.90 Å². The van der Waals surface area contributed by atoms with Gasteiger partial charge in [-0.1, -0.05) is 6.07 Å². The predicted octanol–water partition coefficient (Wildman–Crippen LogP) is 2.33. The van der Waals surface area contributed by atoms with Gasteiger partial charge in [0, 0.05) is 25.7 Å². The van der Waals surface area contributed by atoms with Crippen molar-refractivity contribution in [1.82, 2.24) is 4.90 Å². The minimum Gasteiger partial charge on any atom is -0.494 e. The Hall–Kier alpha value is -1.17. The van der Waals surface area contributed by atoms with E-state index in [1.165, 1.54) is 13.2 Å². The average molecular weight is 296 g/mol. The van der Waals surface area contributed by atoms with Crippen LogP contribution in [0.15, 0.2) is 18.2 Å². The van der Waals surface area contributed by atoms with E-state index in [1.807, 2.05) is 13.0 Å². The quantitative estimate of drug-likeness (QED) is 0.875. The van der Waals surface area contributed by atoms with E-state index in [0.717, 1.165) is 44.6 Å². The molecule has 2 rings (SSSR count). The lowest BCUT2D eigenvalue weighted by Crippen LogP contribution is -2.42. The number of benzene rings is 1. The molecule has 5 heteroatoms. The van der Waals surface area contributed by atoms with Gasteiger partial charge >= 0.3 is 0 Å². The minimum atomic E-state index is -0.365. The molecule has 1 fully saturated rings. The molecule has 2 atom stereocenters. The lowest BCUT2D eigenvalue weighted by Gasteiger charge is -2.34. The van der Waals surface area contributed by atoms with Crippen LogP contribution >= 0.6 is 0 Å². The van der Waals surface area contributed by atoms with Crippen molar-refractivity contribution in [2.24, 2.45) is 5.73 Å². The number of hydrogen-bond acceptors (Lipinski definition) is 4. The molecule has 1 heterocycles. The Morgan fingerprint density at radius 2 is 2.29 bits per heavy atom. The Labute approximate surface area is 126 Å². The van der Waals surface area contributed by atoms with Crippen molar-refractivity contribution in [2.45, 2.75) is 31.9 Å². The SMILES string of the molecule is CCOC1CCCN(CC(N)c2ccc(OC)c(F)c2)C1. The topological polar surface area (TPSA) is 47.7 Å². The van der Waals surface area contributed by atoms with Crippen LogP contribution in [-0.4, -0.2) is 44.4 Å². The fraction of sp³-hybridized carbons (Fsp3) is 0.625. The van der Waals surface area contributed by atoms with Crippen molar-refractivity contribution in [3.05, 3.63) is 29.6 Å². The van der Waals surface area contributed by atoms with Gasteiger partial charge in [-0.2, -0.15) is 0 Å². The Kier molecular flexibility index (Phi) is 5.96. The summed E-state index contributed by atoms with van der Waals surface area (Å²) in [6.45, 7) is 5.41. The molecular weight excluding hydrogens is 271 g/mol. The number of piperidine rings is 1. The van der Waals surface area contributed by atoms with Crippen molar-refractivity contribution in [3.8, 4) is 5.75 Å². The standard InChI is InChI=1S/C16H25FN2O2/c1-3-21-13-5-4-8-19(10-13)11-15(18)12-6-7-16(20-2)14(17)9-12/h6-7,9,13,15H,3-5,8,10-11,18H2,1-2H3. The molecule has 0 aromatic heterocycles. The van der Waals surface area contributed by atoms with E-state index in [4.69, 9.17) is 15.2 Å². The number of halogens is 1. The van der Waals surface area contributed by atoms with Crippen LogP contribution in [0.2, 0.25) is 0 Å². The highest BCUT2D eigenvalue weighted by Gasteiger charge is 2.22. The Bertz CT molecular complexity index is 454. The maximum absolute atomic E-state index is 13.7. The maximum Gasteiger partial charge on any atom is 0.165 e.